The van der Waals surface area contributed by atoms with Crippen molar-refractivity contribution in [2.75, 3.05) is 59.4 Å². The van der Waals surface area contributed by atoms with E-state index in [0.717, 1.165) is 39.3 Å². The Morgan fingerprint density at radius 2 is 1.75 bits per heavy atom. The molecule has 0 aromatic rings. The second-order valence-electron chi connectivity index (χ2n) is 5.18. The summed E-state index contributed by atoms with van der Waals surface area (Å²) < 4.78 is 0. The molecule has 1 saturated heterocycles. The van der Waals surface area contributed by atoms with E-state index in [1.807, 2.05) is 35.6 Å². The van der Waals surface area contributed by atoms with Crippen molar-refractivity contribution < 1.29 is 9.59 Å². The highest BCUT2D eigenvalue weighted by Gasteiger charge is 2.17. The number of amides is 2. The van der Waals surface area contributed by atoms with Crippen LogP contribution in [0.2, 0.25) is 0 Å². The number of likely N-dealkylation sites (N-methyl/N-ethyl adjacent to an activating group) is 2. The SMILES string of the molecule is CCN(CC)C(=O)CN(C)CCC(=O)N1CCNCC1. The Balaban J connectivity index is 2.26. The Morgan fingerprint density at radius 3 is 2.30 bits per heavy atom. The molecule has 6 nitrogen and oxygen atoms in total. The Labute approximate surface area is 122 Å². The van der Waals surface area contributed by atoms with Gasteiger partial charge in [-0.2, -0.15) is 0 Å². The van der Waals surface area contributed by atoms with Crippen molar-refractivity contribution in [3.8, 4) is 0 Å². The summed E-state index contributed by atoms with van der Waals surface area (Å²) in [7, 11) is 1.90. The fourth-order valence-electron chi connectivity index (χ4n) is 2.35. The van der Waals surface area contributed by atoms with Crippen LogP contribution < -0.4 is 5.32 Å². The lowest BCUT2D eigenvalue weighted by Crippen LogP contribution is -2.47. The molecule has 0 aromatic heterocycles. The van der Waals surface area contributed by atoms with Gasteiger partial charge in [-0.15, -0.1) is 0 Å². The summed E-state index contributed by atoms with van der Waals surface area (Å²) in [6.07, 6.45) is 0.488. The highest BCUT2D eigenvalue weighted by Crippen LogP contribution is 1.99. The minimum absolute atomic E-state index is 0.132. The van der Waals surface area contributed by atoms with Gasteiger partial charge in [-0.05, 0) is 20.9 Å². The Hall–Kier alpha value is -1.14. The Bertz CT molecular complexity index is 312. The van der Waals surface area contributed by atoms with Gasteiger partial charge in [0, 0.05) is 52.2 Å². The maximum Gasteiger partial charge on any atom is 0.236 e. The third-order valence-electron chi connectivity index (χ3n) is 3.70. The standard InChI is InChI=1S/C14H28N4O2/c1-4-17(5-2)14(20)12-16(3)9-6-13(19)18-10-7-15-8-11-18/h15H,4-12H2,1-3H3. The van der Waals surface area contributed by atoms with E-state index in [4.69, 9.17) is 0 Å². The number of rotatable bonds is 7. The fraction of sp³-hybridized carbons (Fsp3) is 0.857. The number of piperazine rings is 1. The Kier molecular flexibility index (Phi) is 7.54. The molecular formula is C14H28N4O2. The van der Waals surface area contributed by atoms with E-state index in [0.29, 0.717) is 19.5 Å². The minimum atomic E-state index is 0.132. The molecule has 6 heteroatoms. The van der Waals surface area contributed by atoms with E-state index < -0.39 is 0 Å². The Morgan fingerprint density at radius 1 is 1.15 bits per heavy atom. The summed E-state index contributed by atoms with van der Waals surface area (Å²) in [5.41, 5.74) is 0. The number of carbonyl (C=O) groups is 2. The monoisotopic (exact) mass is 284 g/mol. The number of hydrogen-bond acceptors (Lipinski definition) is 4. The van der Waals surface area contributed by atoms with Crippen LogP contribution in [0.15, 0.2) is 0 Å². The third kappa shape index (κ3) is 5.46. The van der Waals surface area contributed by atoms with Gasteiger partial charge < -0.3 is 15.1 Å². The molecule has 0 saturated carbocycles. The summed E-state index contributed by atoms with van der Waals surface area (Å²) in [6, 6.07) is 0. The summed E-state index contributed by atoms with van der Waals surface area (Å²) in [5, 5.41) is 3.23. The largest absolute Gasteiger partial charge is 0.342 e. The fourth-order valence-corrected chi connectivity index (χ4v) is 2.35. The summed E-state index contributed by atoms with van der Waals surface area (Å²) in [5.74, 6) is 0.320. The van der Waals surface area contributed by atoms with Crippen molar-refractivity contribution >= 4 is 11.8 Å². The second kappa shape index (κ2) is 8.92. The molecule has 1 N–H and O–H groups in total. The van der Waals surface area contributed by atoms with Gasteiger partial charge in [0.05, 0.1) is 6.54 Å². The zero-order chi connectivity index (χ0) is 15.0. The normalized spacial score (nSPS) is 15.5. The lowest BCUT2D eigenvalue weighted by atomic mass is 10.3. The van der Waals surface area contributed by atoms with Gasteiger partial charge in [0.15, 0.2) is 0 Å². The lowest BCUT2D eigenvalue weighted by molar-refractivity contribution is -0.134. The number of carbonyl (C=O) groups excluding carboxylic acids is 2. The molecule has 0 radical (unpaired) electrons. The van der Waals surface area contributed by atoms with Crippen LogP contribution in [0.3, 0.4) is 0 Å². The molecule has 1 rings (SSSR count). The molecule has 1 heterocycles. The summed E-state index contributed by atoms with van der Waals surface area (Å²) >= 11 is 0. The van der Waals surface area contributed by atoms with Crippen LogP contribution in [0.4, 0.5) is 0 Å². The maximum atomic E-state index is 12.0. The third-order valence-corrected chi connectivity index (χ3v) is 3.70. The molecule has 0 atom stereocenters. The minimum Gasteiger partial charge on any atom is -0.342 e. The highest BCUT2D eigenvalue weighted by molar-refractivity contribution is 5.78. The lowest BCUT2D eigenvalue weighted by Gasteiger charge is -2.28. The van der Waals surface area contributed by atoms with Crippen LogP contribution in [0.25, 0.3) is 0 Å². The van der Waals surface area contributed by atoms with Gasteiger partial charge in [-0.25, -0.2) is 0 Å². The van der Waals surface area contributed by atoms with Crippen molar-refractivity contribution in [1.29, 1.82) is 0 Å². The molecule has 1 aliphatic heterocycles. The predicted octanol–water partition coefficient (Wildman–Crippen LogP) is -0.391. The zero-order valence-electron chi connectivity index (χ0n) is 13.0. The molecule has 1 aliphatic rings. The van der Waals surface area contributed by atoms with Gasteiger partial charge in [-0.3, -0.25) is 14.5 Å². The van der Waals surface area contributed by atoms with Crippen molar-refractivity contribution in [3.05, 3.63) is 0 Å². The van der Waals surface area contributed by atoms with Crippen LogP contribution in [0.5, 0.6) is 0 Å². The van der Waals surface area contributed by atoms with E-state index in [2.05, 4.69) is 5.32 Å². The van der Waals surface area contributed by atoms with Crippen molar-refractivity contribution in [1.82, 2.24) is 20.0 Å². The maximum absolute atomic E-state index is 12.0. The highest BCUT2D eigenvalue weighted by atomic mass is 16.2. The first kappa shape index (κ1) is 16.9. The van der Waals surface area contributed by atoms with Crippen molar-refractivity contribution in [3.63, 3.8) is 0 Å². The van der Waals surface area contributed by atoms with Gasteiger partial charge in [0.25, 0.3) is 0 Å². The molecule has 2 amide bonds. The molecule has 1 fully saturated rings. The van der Waals surface area contributed by atoms with Crippen LogP contribution in [-0.2, 0) is 9.59 Å². The first-order chi connectivity index (χ1) is 9.58. The molecular weight excluding hydrogens is 256 g/mol. The van der Waals surface area contributed by atoms with Crippen LogP contribution in [-0.4, -0.2) is 85.9 Å². The summed E-state index contributed by atoms with van der Waals surface area (Å²) in [4.78, 5) is 29.6. The van der Waals surface area contributed by atoms with E-state index in [1.54, 1.807) is 0 Å². The molecule has 116 valence electrons. The van der Waals surface area contributed by atoms with E-state index >= 15 is 0 Å². The van der Waals surface area contributed by atoms with Gasteiger partial charge in [0.1, 0.15) is 0 Å². The summed E-state index contributed by atoms with van der Waals surface area (Å²) in [6.45, 7) is 9.80. The van der Waals surface area contributed by atoms with Gasteiger partial charge in [0.2, 0.25) is 11.8 Å². The molecule has 0 spiro atoms. The average Bonchev–Trinajstić information content (AvgIpc) is 2.47. The quantitative estimate of drug-likeness (QED) is 0.692. The van der Waals surface area contributed by atoms with E-state index in [9.17, 15) is 9.59 Å². The number of nitrogens with one attached hydrogen (secondary N) is 1. The average molecular weight is 284 g/mol. The van der Waals surface area contributed by atoms with Crippen LogP contribution in [0, 0.1) is 0 Å². The molecule has 0 aliphatic carbocycles. The second-order valence-corrected chi connectivity index (χ2v) is 5.18. The molecule has 0 aromatic carbocycles. The smallest absolute Gasteiger partial charge is 0.236 e. The van der Waals surface area contributed by atoms with Crippen LogP contribution >= 0.6 is 0 Å². The van der Waals surface area contributed by atoms with Gasteiger partial charge in [-0.1, -0.05) is 0 Å². The number of nitrogens with zero attached hydrogens (tertiary/aromatic N) is 3. The predicted molar refractivity (Wildman–Crippen MR) is 79.5 cm³/mol. The number of hydrogen-bond donors (Lipinski definition) is 1. The molecule has 0 bridgehead atoms. The first-order valence-electron chi connectivity index (χ1n) is 7.53. The van der Waals surface area contributed by atoms with E-state index in [1.165, 1.54) is 0 Å². The topological polar surface area (TPSA) is 55.9 Å². The van der Waals surface area contributed by atoms with Crippen molar-refractivity contribution in [2.45, 2.75) is 20.3 Å². The van der Waals surface area contributed by atoms with Gasteiger partial charge >= 0.3 is 0 Å². The van der Waals surface area contributed by atoms with E-state index in [-0.39, 0.29) is 11.8 Å². The zero-order valence-corrected chi connectivity index (χ0v) is 13.0. The molecule has 20 heavy (non-hydrogen) atoms. The first-order valence-corrected chi connectivity index (χ1v) is 7.53. The van der Waals surface area contributed by atoms with Crippen molar-refractivity contribution in [2.24, 2.45) is 0 Å². The molecule has 0 unspecified atom stereocenters. The van der Waals surface area contributed by atoms with Crippen LogP contribution in [0.1, 0.15) is 20.3 Å².